The SMILES string of the molecule is Cc1nn(-c2ccccc2)c(C)c1-c1noc(NC(=O)c2cccc(F)c2)c1C(N)=O. The number of nitrogens with two attached hydrogens (primary N) is 1. The number of nitrogens with one attached hydrogen (secondary N) is 1. The summed E-state index contributed by atoms with van der Waals surface area (Å²) in [5.74, 6) is -2.29. The molecule has 8 nitrogen and oxygen atoms in total. The van der Waals surface area contributed by atoms with Crippen LogP contribution in [0.3, 0.4) is 0 Å². The zero-order valence-corrected chi connectivity index (χ0v) is 16.7. The van der Waals surface area contributed by atoms with Gasteiger partial charge in [-0.25, -0.2) is 9.07 Å². The average molecular weight is 419 g/mol. The van der Waals surface area contributed by atoms with Crippen LogP contribution in [0.25, 0.3) is 16.9 Å². The standard InChI is InChI=1S/C22H18FN5O3/c1-12-17(13(2)28(26-12)16-9-4-3-5-10-16)19-18(20(24)29)22(31-27-19)25-21(30)14-7-6-8-15(23)11-14/h3-11H,1-2H3,(H2,24,29)(H,25,30). The van der Waals surface area contributed by atoms with E-state index in [-0.39, 0.29) is 22.7 Å². The maximum absolute atomic E-state index is 13.4. The molecule has 0 saturated carbocycles. The molecule has 156 valence electrons. The number of carbonyl (C=O) groups is 2. The summed E-state index contributed by atoms with van der Waals surface area (Å²) in [6.45, 7) is 3.60. The number of aryl methyl sites for hydroxylation is 1. The second-order valence-corrected chi connectivity index (χ2v) is 6.86. The van der Waals surface area contributed by atoms with E-state index in [1.165, 1.54) is 18.2 Å². The third-order valence-corrected chi connectivity index (χ3v) is 4.78. The Kier molecular flexibility index (Phi) is 5.08. The van der Waals surface area contributed by atoms with Crippen LogP contribution >= 0.6 is 0 Å². The number of rotatable bonds is 5. The first-order valence-electron chi connectivity index (χ1n) is 9.35. The van der Waals surface area contributed by atoms with Gasteiger partial charge < -0.3 is 10.3 Å². The summed E-state index contributed by atoms with van der Waals surface area (Å²) in [7, 11) is 0. The van der Waals surface area contributed by atoms with Crippen LogP contribution in [-0.4, -0.2) is 26.8 Å². The fourth-order valence-electron chi connectivity index (χ4n) is 3.39. The molecule has 0 aliphatic rings. The van der Waals surface area contributed by atoms with Gasteiger partial charge in [0, 0.05) is 11.1 Å². The second kappa shape index (κ2) is 7.86. The summed E-state index contributed by atoms with van der Waals surface area (Å²) in [4.78, 5) is 24.7. The van der Waals surface area contributed by atoms with Crippen LogP contribution in [0.15, 0.2) is 59.1 Å². The summed E-state index contributed by atoms with van der Waals surface area (Å²) in [5.41, 5.74) is 8.40. The summed E-state index contributed by atoms with van der Waals surface area (Å²) in [6.07, 6.45) is 0. The van der Waals surface area contributed by atoms with Gasteiger partial charge in [-0.05, 0) is 44.2 Å². The molecule has 2 aromatic carbocycles. The maximum atomic E-state index is 13.4. The summed E-state index contributed by atoms with van der Waals surface area (Å²) in [6, 6.07) is 14.6. The van der Waals surface area contributed by atoms with E-state index in [0.29, 0.717) is 17.0 Å². The molecule has 0 atom stereocenters. The quantitative estimate of drug-likeness (QED) is 0.512. The number of para-hydroxylation sites is 1. The molecule has 3 N–H and O–H groups in total. The number of carbonyl (C=O) groups excluding carboxylic acids is 2. The number of primary amides is 1. The van der Waals surface area contributed by atoms with E-state index in [1.54, 1.807) is 11.6 Å². The molecule has 0 saturated heterocycles. The molecular formula is C22H18FN5O3. The van der Waals surface area contributed by atoms with Gasteiger partial charge in [-0.2, -0.15) is 5.10 Å². The van der Waals surface area contributed by atoms with Crippen LogP contribution in [0, 0.1) is 19.7 Å². The molecular weight excluding hydrogens is 401 g/mol. The molecule has 4 aromatic rings. The predicted octanol–water partition coefficient (Wildman–Crippen LogP) is 3.63. The van der Waals surface area contributed by atoms with E-state index >= 15 is 0 Å². The summed E-state index contributed by atoms with van der Waals surface area (Å²) in [5, 5.41) is 11.0. The van der Waals surface area contributed by atoms with Gasteiger partial charge in [0.15, 0.2) is 0 Å². The Balaban J connectivity index is 1.76. The Labute approximate surface area is 176 Å². The number of anilines is 1. The van der Waals surface area contributed by atoms with Crippen molar-refractivity contribution in [3.8, 4) is 16.9 Å². The third kappa shape index (κ3) is 3.68. The molecule has 0 spiro atoms. The van der Waals surface area contributed by atoms with Gasteiger partial charge in [0.2, 0.25) is 5.88 Å². The molecule has 31 heavy (non-hydrogen) atoms. The molecule has 0 aliphatic carbocycles. The molecule has 2 aromatic heterocycles. The van der Waals surface area contributed by atoms with Crippen molar-refractivity contribution in [1.29, 1.82) is 0 Å². The highest BCUT2D eigenvalue weighted by Crippen LogP contribution is 2.34. The number of halogens is 1. The van der Waals surface area contributed by atoms with Gasteiger partial charge in [0.25, 0.3) is 11.8 Å². The molecule has 2 amide bonds. The lowest BCUT2D eigenvalue weighted by molar-refractivity contribution is 0.100. The minimum Gasteiger partial charge on any atom is -0.365 e. The number of benzene rings is 2. The van der Waals surface area contributed by atoms with Gasteiger partial charge in [0.1, 0.15) is 17.1 Å². The van der Waals surface area contributed by atoms with Crippen molar-refractivity contribution in [2.24, 2.45) is 5.73 Å². The second-order valence-electron chi connectivity index (χ2n) is 6.86. The molecule has 0 unspecified atom stereocenters. The van der Waals surface area contributed by atoms with Crippen LogP contribution in [0.4, 0.5) is 10.3 Å². The van der Waals surface area contributed by atoms with Crippen LogP contribution in [0.2, 0.25) is 0 Å². The van der Waals surface area contributed by atoms with E-state index in [1.807, 2.05) is 37.3 Å². The van der Waals surface area contributed by atoms with Crippen molar-refractivity contribution in [1.82, 2.24) is 14.9 Å². The first-order valence-corrected chi connectivity index (χ1v) is 9.35. The summed E-state index contributed by atoms with van der Waals surface area (Å²) < 4.78 is 20.4. The predicted molar refractivity (Wildman–Crippen MR) is 111 cm³/mol. The highest BCUT2D eigenvalue weighted by Gasteiger charge is 2.28. The lowest BCUT2D eigenvalue weighted by atomic mass is 10.0. The van der Waals surface area contributed by atoms with Crippen LogP contribution in [0.5, 0.6) is 0 Å². The average Bonchev–Trinajstić information content (AvgIpc) is 3.28. The summed E-state index contributed by atoms with van der Waals surface area (Å²) >= 11 is 0. The Morgan fingerprint density at radius 3 is 2.52 bits per heavy atom. The highest BCUT2D eigenvalue weighted by molar-refractivity contribution is 6.10. The Hall–Kier alpha value is -4.27. The smallest absolute Gasteiger partial charge is 0.258 e. The van der Waals surface area contributed by atoms with E-state index in [9.17, 15) is 14.0 Å². The van der Waals surface area contributed by atoms with Gasteiger partial charge >= 0.3 is 0 Å². The minimum absolute atomic E-state index is 0.0534. The van der Waals surface area contributed by atoms with Crippen molar-refractivity contribution in [2.75, 3.05) is 5.32 Å². The lowest BCUT2D eigenvalue weighted by Gasteiger charge is -2.05. The molecule has 4 rings (SSSR count). The number of hydrogen-bond donors (Lipinski definition) is 2. The van der Waals surface area contributed by atoms with Crippen LogP contribution in [0.1, 0.15) is 32.1 Å². The molecule has 0 radical (unpaired) electrons. The van der Waals surface area contributed by atoms with Gasteiger partial charge in [-0.15, -0.1) is 0 Å². The highest BCUT2D eigenvalue weighted by atomic mass is 19.1. The number of aromatic nitrogens is 3. The minimum atomic E-state index is -0.836. The first-order chi connectivity index (χ1) is 14.9. The van der Waals surface area contributed by atoms with Crippen molar-refractivity contribution < 1.29 is 18.5 Å². The third-order valence-electron chi connectivity index (χ3n) is 4.78. The Morgan fingerprint density at radius 1 is 1.10 bits per heavy atom. The van der Waals surface area contributed by atoms with E-state index in [2.05, 4.69) is 15.6 Å². The van der Waals surface area contributed by atoms with Gasteiger partial charge in [-0.1, -0.05) is 29.4 Å². The molecule has 0 bridgehead atoms. The van der Waals surface area contributed by atoms with Crippen LogP contribution < -0.4 is 11.1 Å². The van der Waals surface area contributed by atoms with Crippen molar-refractivity contribution in [2.45, 2.75) is 13.8 Å². The van der Waals surface area contributed by atoms with Gasteiger partial charge in [0.05, 0.1) is 17.1 Å². The molecule has 0 fully saturated rings. The Bertz CT molecular complexity index is 1290. The van der Waals surface area contributed by atoms with E-state index < -0.39 is 17.6 Å². The van der Waals surface area contributed by atoms with E-state index in [4.69, 9.17) is 10.3 Å². The molecule has 0 aliphatic heterocycles. The van der Waals surface area contributed by atoms with E-state index in [0.717, 1.165) is 11.8 Å². The topological polar surface area (TPSA) is 116 Å². The Morgan fingerprint density at radius 2 is 1.84 bits per heavy atom. The molecule has 9 heteroatoms. The zero-order chi connectivity index (χ0) is 22.1. The van der Waals surface area contributed by atoms with Gasteiger partial charge in [-0.3, -0.25) is 14.9 Å². The fourth-order valence-corrected chi connectivity index (χ4v) is 3.39. The van der Waals surface area contributed by atoms with Crippen molar-refractivity contribution in [3.05, 3.63) is 82.9 Å². The zero-order valence-electron chi connectivity index (χ0n) is 16.7. The monoisotopic (exact) mass is 419 g/mol. The van der Waals surface area contributed by atoms with Crippen LogP contribution in [-0.2, 0) is 0 Å². The normalized spacial score (nSPS) is 10.8. The first kappa shape index (κ1) is 20.0. The van der Waals surface area contributed by atoms with Crippen molar-refractivity contribution in [3.63, 3.8) is 0 Å². The fraction of sp³-hybridized carbons (Fsp3) is 0.0909. The lowest BCUT2D eigenvalue weighted by Crippen LogP contribution is -2.18. The maximum Gasteiger partial charge on any atom is 0.258 e. The number of amides is 2. The number of nitrogens with zero attached hydrogens (tertiary/aromatic N) is 3. The largest absolute Gasteiger partial charge is 0.365 e. The number of hydrogen-bond acceptors (Lipinski definition) is 5. The van der Waals surface area contributed by atoms with Crippen molar-refractivity contribution >= 4 is 17.7 Å². The molecule has 2 heterocycles.